The summed E-state index contributed by atoms with van der Waals surface area (Å²) < 4.78 is 26.9. The average Bonchev–Trinajstić information content (AvgIpc) is 2.15. The molecule has 0 aliphatic rings. The van der Waals surface area contributed by atoms with Crippen LogP contribution in [-0.4, -0.2) is 16.3 Å². The van der Waals surface area contributed by atoms with Gasteiger partial charge in [-0.3, -0.25) is 4.79 Å². The monoisotopic (exact) mass is 260 g/mol. The molecule has 2 nitrogen and oxygen atoms in total. The molecule has 1 aromatic rings. The van der Waals surface area contributed by atoms with Crippen LogP contribution in [0.2, 0.25) is 0 Å². The minimum atomic E-state index is -2.85. The third-order valence-electron chi connectivity index (χ3n) is 2.18. The standard InChI is InChI=1S/C12H14F2O2S/c1-8(2)12(13,14)17-10-5-3-4-9(6-10)7-11(15)16/h3-6,8H,7H2,1-2H3,(H,15,16). The minimum absolute atomic E-state index is 0.151. The first kappa shape index (κ1) is 14.0. The largest absolute Gasteiger partial charge is 0.481 e. The van der Waals surface area contributed by atoms with Crippen LogP contribution < -0.4 is 0 Å². The number of carbonyl (C=O) groups is 1. The van der Waals surface area contributed by atoms with Gasteiger partial charge in [-0.1, -0.05) is 37.7 Å². The Bertz CT molecular complexity index is 405. The van der Waals surface area contributed by atoms with Crippen molar-refractivity contribution in [3.8, 4) is 0 Å². The highest BCUT2D eigenvalue weighted by atomic mass is 32.2. The van der Waals surface area contributed by atoms with Gasteiger partial charge in [0.05, 0.1) is 6.42 Å². The second kappa shape index (κ2) is 5.49. The lowest BCUT2D eigenvalue weighted by Gasteiger charge is -2.19. The predicted octanol–water partition coefficient (Wildman–Crippen LogP) is 3.65. The fourth-order valence-electron chi connectivity index (χ4n) is 1.17. The fraction of sp³-hybridized carbons (Fsp3) is 0.417. The molecule has 0 radical (unpaired) electrons. The predicted molar refractivity (Wildman–Crippen MR) is 63.4 cm³/mol. The van der Waals surface area contributed by atoms with Crippen LogP contribution in [0.4, 0.5) is 8.78 Å². The second-order valence-electron chi connectivity index (χ2n) is 4.04. The van der Waals surface area contributed by atoms with Crippen LogP contribution in [0.25, 0.3) is 0 Å². The van der Waals surface area contributed by atoms with Crippen LogP contribution in [-0.2, 0) is 11.2 Å². The number of benzene rings is 1. The van der Waals surface area contributed by atoms with Crippen LogP contribution in [0.3, 0.4) is 0 Å². The van der Waals surface area contributed by atoms with Gasteiger partial charge >= 0.3 is 5.97 Å². The molecule has 0 aliphatic heterocycles. The maximum absolute atomic E-state index is 13.5. The Labute approximate surface area is 103 Å². The average molecular weight is 260 g/mol. The van der Waals surface area contributed by atoms with E-state index >= 15 is 0 Å². The quantitative estimate of drug-likeness (QED) is 0.821. The van der Waals surface area contributed by atoms with E-state index in [0.29, 0.717) is 22.2 Å². The van der Waals surface area contributed by atoms with Gasteiger partial charge in [0.25, 0.3) is 5.25 Å². The van der Waals surface area contributed by atoms with Crippen LogP contribution in [0.5, 0.6) is 0 Å². The van der Waals surface area contributed by atoms with Crippen molar-refractivity contribution in [3.63, 3.8) is 0 Å². The van der Waals surface area contributed by atoms with E-state index < -0.39 is 17.1 Å². The molecule has 0 saturated carbocycles. The Balaban J connectivity index is 2.82. The normalized spacial score (nSPS) is 11.8. The molecule has 1 rings (SSSR count). The minimum Gasteiger partial charge on any atom is -0.481 e. The summed E-state index contributed by atoms with van der Waals surface area (Å²) in [5.41, 5.74) is 0.530. The van der Waals surface area contributed by atoms with E-state index in [4.69, 9.17) is 5.11 Å². The van der Waals surface area contributed by atoms with Gasteiger partial charge in [-0.15, -0.1) is 0 Å². The first-order chi connectivity index (χ1) is 7.81. The van der Waals surface area contributed by atoms with E-state index in [1.807, 2.05) is 0 Å². The third-order valence-corrected chi connectivity index (χ3v) is 3.41. The molecule has 1 N–H and O–H groups in total. The molecule has 0 aliphatic carbocycles. The topological polar surface area (TPSA) is 37.3 Å². The van der Waals surface area contributed by atoms with Crippen molar-refractivity contribution >= 4 is 17.7 Å². The summed E-state index contributed by atoms with van der Waals surface area (Å²) in [6.45, 7) is 2.90. The first-order valence-corrected chi connectivity index (χ1v) is 6.00. The Morgan fingerprint density at radius 2 is 2.12 bits per heavy atom. The highest BCUT2D eigenvalue weighted by molar-refractivity contribution is 8.00. The number of aliphatic carboxylic acids is 1. The zero-order valence-corrected chi connectivity index (χ0v) is 10.4. The Kier molecular flexibility index (Phi) is 4.51. The van der Waals surface area contributed by atoms with E-state index in [1.54, 1.807) is 18.2 Å². The van der Waals surface area contributed by atoms with Crippen LogP contribution in [0, 0.1) is 5.92 Å². The van der Waals surface area contributed by atoms with Crippen molar-refractivity contribution in [1.29, 1.82) is 0 Å². The molecule has 5 heteroatoms. The maximum Gasteiger partial charge on any atom is 0.307 e. The van der Waals surface area contributed by atoms with Gasteiger partial charge in [0.2, 0.25) is 0 Å². The summed E-state index contributed by atoms with van der Waals surface area (Å²) in [6.07, 6.45) is -0.151. The van der Waals surface area contributed by atoms with Gasteiger partial charge in [-0.2, -0.15) is 8.78 Å². The van der Waals surface area contributed by atoms with Crippen LogP contribution in [0.1, 0.15) is 19.4 Å². The molecular formula is C12H14F2O2S. The van der Waals surface area contributed by atoms with Gasteiger partial charge in [-0.05, 0) is 17.7 Å². The third kappa shape index (κ3) is 4.34. The highest BCUT2D eigenvalue weighted by Crippen LogP contribution is 2.41. The molecule has 0 saturated heterocycles. The molecule has 1 aromatic carbocycles. The summed E-state index contributed by atoms with van der Waals surface area (Å²) in [5, 5.41) is 5.78. The van der Waals surface area contributed by atoms with Crippen molar-refractivity contribution in [1.82, 2.24) is 0 Å². The summed E-state index contributed by atoms with van der Waals surface area (Å²) in [4.78, 5) is 10.9. The summed E-state index contributed by atoms with van der Waals surface area (Å²) in [5.74, 6) is -1.74. The molecule has 0 spiro atoms. The molecule has 0 aromatic heterocycles. The summed E-state index contributed by atoms with van der Waals surface area (Å²) in [7, 11) is 0. The Hall–Kier alpha value is -1.10. The van der Waals surface area contributed by atoms with E-state index in [2.05, 4.69) is 0 Å². The van der Waals surface area contributed by atoms with Gasteiger partial charge in [0.1, 0.15) is 0 Å². The molecule has 0 unspecified atom stereocenters. The number of thioether (sulfide) groups is 1. The van der Waals surface area contributed by atoms with Gasteiger partial charge in [-0.25, -0.2) is 0 Å². The van der Waals surface area contributed by atoms with E-state index in [-0.39, 0.29) is 6.42 Å². The molecule has 17 heavy (non-hydrogen) atoms. The smallest absolute Gasteiger partial charge is 0.307 e. The Morgan fingerprint density at radius 3 is 2.65 bits per heavy atom. The lowest BCUT2D eigenvalue weighted by Crippen LogP contribution is -2.18. The number of carboxylic acid groups (broad SMARTS) is 1. The van der Waals surface area contributed by atoms with Gasteiger partial charge in [0, 0.05) is 10.8 Å². The lowest BCUT2D eigenvalue weighted by molar-refractivity contribution is -0.136. The number of rotatable bonds is 5. The molecule has 0 amide bonds. The van der Waals surface area contributed by atoms with Crippen molar-refractivity contribution in [3.05, 3.63) is 29.8 Å². The van der Waals surface area contributed by atoms with Gasteiger partial charge < -0.3 is 5.11 Å². The Morgan fingerprint density at radius 1 is 1.47 bits per heavy atom. The molecule has 0 heterocycles. The molecule has 94 valence electrons. The molecular weight excluding hydrogens is 246 g/mol. The number of hydrogen-bond donors (Lipinski definition) is 1. The van der Waals surface area contributed by atoms with Crippen LogP contribution >= 0.6 is 11.8 Å². The molecule has 0 fully saturated rings. The fourth-order valence-corrected chi connectivity index (χ4v) is 2.08. The van der Waals surface area contributed by atoms with E-state index in [0.717, 1.165) is 0 Å². The van der Waals surface area contributed by atoms with Crippen molar-refractivity contribution < 1.29 is 18.7 Å². The van der Waals surface area contributed by atoms with Gasteiger partial charge in [0.15, 0.2) is 0 Å². The van der Waals surface area contributed by atoms with E-state index in [9.17, 15) is 13.6 Å². The van der Waals surface area contributed by atoms with Crippen LogP contribution in [0.15, 0.2) is 29.2 Å². The lowest BCUT2D eigenvalue weighted by atomic mass is 10.2. The maximum atomic E-state index is 13.5. The SMILES string of the molecule is CC(C)C(F)(F)Sc1cccc(CC(=O)O)c1. The highest BCUT2D eigenvalue weighted by Gasteiger charge is 2.34. The number of carboxylic acids is 1. The van der Waals surface area contributed by atoms with Crippen molar-refractivity contribution in [2.45, 2.75) is 30.4 Å². The molecule has 0 bridgehead atoms. The number of halogens is 2. The zero-order valence-electron chi connectivity index (χ0n) is 9.61. The first-order valence-electron chi connectivity index (χ1n) is 5.19. The van der Waals surface area contributed by atoms with E-state index in [1.165, 1.54) is 19.9 Å². The molecule has 0 atom stereocenters. The number of alkyl halides is 2. The van der Waals surface area contributed by atoms with Crippen molar-refractivity contribution in [2.75, 3.05) is 0 Å². The summed E-state index contributed by atoms with van der Waals surface area (Å²) in [6, 6.07) is 6.27. The number of hydrogen-bond acceptors (Lipinski definition) is 2. The zero-order chi connectivity index (χ0) is 13.1. The van der Waals surface area contributed by atoms with Crippen molar-refractivity contribution in [2.24, 2.45) is 5.92 Å². The second-order valence-corrected chi connectivity index (χ2v) is 5.26. The summed E-state index contributed by atoms with van der Waals surface area (Å²) >= 11 is 0.469.